The predicted octanol–water partition coefficient (Wildman–Crippen LogP) is 2.93. The smallest absolute Gasteiger partial charge is 0.124 e. The Balaban J connectivity index is 2.08. The van der Waals surface area contributed by atoms with Crippen molar-refractivity contribution in [2.75, 3.05) is 13.7 Å². The highest BCUT2D eigenvalue weighted by atomic mass is 16.5. The number of amidine groups is 1. The summed E-state index contributed by atoms with van der Waals surface area (Å²) >= 11 is 0. The molecule has 1 aromatic rings. The second-order valence-electron chi connectivity index (χ2n) is 4.39. The van der Waals surface area contributed by atoms with Crippen molar-refractivity contribution < 1.29 is 4.74 Å². The average Bonchev–Trinajstić information content (AvgIpc) is 2.40. The number of hydrogen-bond donors (Lipinski definition) is 1. The van der Waals surface area contributed by atoms with E-state index in [9.17, 15) is 0 Å². The van der Waals surface area contributed by atoms with E-state index in [0.717, 1.165) is 24.6 Å². The zero-order chi connectivity index (χ0) is 12.1. The first-order valence-corrected chi connectivity index (χ1v) is 6.24. The number of benzene rings is 1. The van der Waals surface area contributed by atoms with E-state index in [1.807, 2.05) is 18.2 Å². The van der Waals surface area contributed by atoms with Gasteiger partial charge in [-0.15, -0.1) is 0 Å². The van der Waals surface area contributed by atoms with Gasteiger partial charge in [-0.25, -0.2) is 0 Å². The molecule has 0 fully saturated rings. The fraction of sp³-hybridized carbons (Fsp3) is 0.500. The van der Waals surface area contributed by atoms with Crippen LogP contribution in [0.4, 0.5) is 0 Å². The molecule has 1 aliphatic heterocycles. The van der Waals surface area contributed by atoms with Crippen molar-refractivity contribution in [3.8, 4) is 5.75 Å². The lowest BCUT2D eigenvalue weighted by molar-refractivity contribution is 0.405. The summed E-state index contributed by atoms with van der Waals surface area (Å²) in [6.07, 6.45) is 3.53. The molecule has 1 N–H and O–H groups in total. The molecule has 2 rings (SSSR count). The molecule has 92 valence electrons. The van der Waals surface area contributed by atoms with Gasteiger partial charge in [0.1, 0.15) is 5.75 Å². The average molecular weight is 232 g/mol. The van der Waals surface area contributed by atoms with Crippen LogP contribution in [0.15, 0.2) is 29.3 Å². The third-order valence-electron chi connectivity index (χ3n) is 3.11. The van der Waals surface area contributed by atoms with Gasteiger partial charge in [0.15, 0.2) is 0 Å². The highest BCUT2D eigenvalue weighted by Crippen LogP contribution is 2.24. The van der Waals surface area contributed by atoms with Gasteiger partial charge >= 0.3 is 0 Å². The molecule has 0 aromatic heterocycles. The van der Waals surface area contributed by atoms with Crippen molar-refractivity contribution in [2.24, 2.45) is 4.99 Å². The van der Waals surface area contributed by atoms with Crippen LogP contribution in [0.25, 0.3) is 0 Å². The van der Waals surface area contributed by atoms with Crippen molar-refractivity contribution >= 4 is 5.84 Å². The first-order valence-electron chi connectivity index (χ1n) is 6.24. The van der Waals surface area contributed by atoms with Crippen LogP contribution in [0, 0.1) is 0 Å². The Kier molecular flexibility index (Phi) is 4.02. The second kappa shape index (κ2) is 5.71. The summed E-state index contributed by atoms with van der Waals surface area (Å²) in [5, 5.41) is 3.48. The molecule has 0 spiro atoms. The molecule has 0 bridgehead atoms. The summed E-state index contributed by atoms with van der Waals surface area (Å²) in [6, 6.07) is 8.37. The fourth-order valence-corrected chi connectivity index (χ4v) is 2.17. The van der Waals surface area contributed by atoms with Crippen LogP contribution >= 0.6 is 0 Å². The number of ether oxygens (including phenoxy) is 1. The van der Waals surface area contributed by atoms with Crippen molar-refractivity contribution in [3.05, 3.63) is 29.8 Å². The SMILES string of the molecule is COc1ccccc1[C@@H](C)NC1=NCCCC1. The Labute approximate surface area is 103 Å². The minimum absolute atomic E-state index is 0.239. The Morgan fingerprint density at radius 2 is 2.12 bits per heavy atom. The first kappa shape index (κ1) is 12.0. The molecular weight excluding hydrogens is 212 g/mol. The molecule has 0 amide bonds. The van der Waals surface area contributed by atoms with E-state index in [0.29, 0.717) is 0 Å². The molecule has 1 aromatic carbocycles. The summed E-state index contributed by atoms with van der Waals surface area (Å²) in [5.74, 6) is 2.07. The summed E-state index contributed by atoms with van der Waals surface area (Å²) in [6.45, 7) is 3.11. The zero-order valence-electron chi connectivity index (χ0n) is 10.6. The Bertz CT molecular complexity index is 401. The molecule has 0 radical (unpaired) electrons. The number of aliphatic imine (C=N–C) groups is 1. The van der Waals surface area contributed by atoms with Gasteiger partial charge in [0.25, 0.3) is 0 Å². The molecule has 1 heterocycles. The molecule has 17 heavy (non-hydrogen) atoms. The number of hydrogen-bond acceptors (Lipinski definition) is 3. The quantitative estimate of drug-likeness (QED) is 0.869. The lowest BCUT2D eigenvalue weighted by Crippen LogP contribution is -2.28. The third-order valence-corrected chi connectivity index (χ3v) is 3.11. The van der Waals surface area contributed by atoms with E-state index < -0.39 is 0 Å². The summed E-state index contributed by atoms with van der Waals surface area (Å²) < 4.78 is 5.38. The Hall–Kier alpha value is -1.51. The van der Waals surface area contributed by atoms with Crippen LogP contribution in [0.1, 0.15) is 37.8 Å². The highest BCUT2D eigenvalue weighted by Gasteiger charge is 2.13. The van der Waals surface area contributed by atoms with Gasteiger partial charge in [-0.05, 0) is 25.8 Å². The van der Waals surface area contributed by atoms with Gasteiger partial charge in [0.2, 0.25) is 0 Å². The maximum absolute atomic E-state index is 5.38. The Morgan fingerprint density at radius 3 is 2.82 bits per heavy atom. The summed E-state index contributed by atoms with van der Waals surface area (Å²) in [4.78, 5) is 4.52. The van der Waals surface area contributed by atoms with Crippen molar-refractivity contribution in [2.45, 2.75) is 32.2 Å². The number of rotatable bonds is 3. The van der Waals surface area contributed by atoms with E-state index >= 15 is 0 Å². The predicted molar refractivity (Wildman–Crippen MR) is 70.7 cm³/mol. The molecule has 0 unspecified atom stereocenters. The first-order chi connectivity index (χ1) is 8.31. The topological polar surface area (TPSA) is 33.6 Å². The lowest BCUT2D eigenvalue weighted by atomic mass is 10.1. The van der Waals surface area contributed by atoms with Crippen LogP contribution in [-0.2, 0) is 0 Å². The van der Waals surface area contributed by atoms with Crippen molar-refractivity contribution in [1.29, 1.82) is 0 Å². The van der Waals surface area contributed by atoms with Gasteiger partial charge in [-0.3, -0.25) is 4.99 Å². The van der Waals surface area contributed by atoms with Gasteiger partial charge in [-0.2, -0.15) is 0 Å². The standard InChI is InChI=1S/C14H20N2O/c1-11(16-14-9-5-6-10-15-14)12-7-3-4-8-13(12)17-2/h3-4,7-8,11H,5-6,9-10H2,1-2H3,(H,15,16)/t11-/m1/s1. The summed E-state index contributed by atoms with van der Waals surface area (Å²) in [5.41, 5.74) is 1.18. The van der Waals surface area contributed by atoms with E-state index in [2.05, 4.69) is 23.3 Å². The third kappa shape index (κ3) is 2.99. The number of nitrogens with one attached hydrogen (secondary N) is 1. The van der Waals surface area contributed by atoms with E-state index in [-0.39, 0.29) is 6.04 Å². The molecule has 1 atom stereocenters. The van der Waals surface area contributed by atoms with E-state index in [4.69, 9.17) is 4.74 Å². The van der Waals surface area contributed by atoms with Crippen LogP contribution in [0.3, 0.4) is 0 Å². The van der Waals surface area contributed by atoms with Gasteiger partial charge < -0.3 is 10.1 Å². The molecule has 0 saturated carbocycles. The van der Waals surface area contributed by atoms with Crippen LogP contribution in [0.5, 0.6) is 5.75 Å². The van der Waals surface area contributed by atoms with Crippen molar-refractivity contribution in [3.63, 3.8) is 0 Å². The molecule has 3 heteroatoms. The van der Waals surface area contributed by atoms with E-state index in [1.54, 1.807) is 7.11 Å². The zero-order valence-corrected chi connectivity index (χ0v) is 10.6. The minimum Gasteiger partial charge on any atom is -0.496 e. The van der Waals surface area contributed by atoms with E-state index in [1.165, 1.54) is 18.4 Å². The molecular formula is C14H20N2O. The Morgan fingerprint density at radius 1 is 1.29 bits per heavy atom. The number of para-hydroxylation sites is 1. The van der Waals surface area contributed by atoms with Crippen LogP contribution in [-0.4, -0.2) is 19.5 Å². The minimum atomic E-state index is 0.239. The lowest BCUT2D eigenvalue weighted by Gasteiger charge is -2.21. The maximum atomic E-state index is 5.38. The summed E-state index contributed by atoms with van der Waals surface area (Å²) in [7, 11) is 1.71. The fourth-order valence-electron chi connectivity index (χ4n) is 2.17. The van der Waals surface area contributed by atoms with Crippen LogP contribution < -0.4 is 10.1 Å². The molecule has 0 aliphatic carbocycles. The monoisotopic (exact) mass is 232 g/mol. The normalized spacial score (nSPS) is 17.2. The van der Waals surface area contributed by atoms with Gasteiger partial charge in [0, 0.05) is 18.5 Å². The van der Waals surface area contributed by atoms with Gasteiger partial charge in [0.05, 0.1) is 19.0 Å². The number of nitrogens with zero attached hydrogens (tertiary/aromatic N) is 1. The highest BCUT2D eigenvalue weighted by molar-refractivity contribution is 5.83. The van der Waals surface area contributed by atoms with Crippen LogP contribution in [0.2, 0.25) is 0 Å². The molecule has 3 nitrogen and oxygen atoms in total. The van der Waals surface area contributed by atoms with Crippen molar-refractivity contribution in [1.82, 2.24) is 5.32 Å². The molecule has 0 saturated heterocycles. The largest absolute Gasteiger partial charge is 0.496 e. The second-order valence-corrected chi connectivity index (χ2v) is 4.39. The maximum Gasteiger partial charge on any atom is 0.124 e. The van der Waals surface area contributed by atoms with Gasteiger partial charge in [-0.1, -0.05) is 18.2 Å². The molecule has 1 aliphatic rings. The number of methoxy groups -OCH3 is 1.